The van der Waals surface area contributed by atoms with Gasteiger partial charge in [0.2, 0.25) is 0 Å². The van der Waals surface area contributed by atoms with Crippen molar-refractivity contribution in [1.29, 1.82) is 0 Å². The molecule has 0 atom stereocenters. The summed E-state index contributed by atoms with van der Waals surface area (Å²) in [5.41, 5.74) is 5.46. The van der Waals surface area contributed by atoms with Crippen molar-refractivity contribution in [2.45, 2.75) is 45.3 Å². The van der Waals surface area contributed by atoms with E-state index in [0.29, 0.717) is 24.1 Å². The quantitative estimate of drug-likeness (QED) is 0.862. The van der Waals surface area contributed by atoms with Gasteiger partial charge >= 0.3 is 0 Å². The minimum Gasteiger partial charge on any atom is -0.455 e. The van der Waals surface area contributed by atoms with E-state index in [1.165, 1.54) is 0 Å². The van der Waals surface area contributed by atoms with Crippen molar-refractivity contribution in [3.63, 3.8) is 0 Å². The molecule has 0 spiro atoms. The molecule has 0 unspecified atom stereocenters. The minimum atomic E-state index is -0.136. The molecule has 5 nitrogen and oxygen atoms in total. The van der Waals surface area contributed by atoms with Gasteiger partial charge in [0.05, 0.1) is 6.54 Å². The maximum atomic E-state index is 12.0. The molecule has 1 aromatic heterocycles. The van der Waals surface area contributed by atoms with Gasteiger partial charge in [-0.15, -0.1) is 0 Å². The summed E-state index contributed by atoms with van der Waals surface area (Å²) in [7, 11) is 0. The standard InChI is InChI=1S/C14H23N3O2/c1-10(2)17-7-5-11(6-8-17)16-14(18)13-4-3-12(9-15)19-13/h3-4,10-11H,5-9,15H2,1-2H3,(H,16,18). The molecule has 5 heteroatoms. The first-order chi connectivity index (χ1) is 9.10. The molecule has 1 aromatic rings. The summed E-state index contributed by atoms with van der Waals surface area (Å²) in [5.74, 6) is 0.856. The molecule has 1 aliphatic heterocycles. The highest BCUT2D eigenvalue weighted by Crippen LogP contribution is 2.14. The van der Waals surface area contributed by atoms with Gasteiger partial charge in [-0.1, -0.05) is 0 Å². The third kappa shape index (κ3) is 3.58. The zero-order valence-corrected chi connectivity index (χ0v) is 11.7. The fourth-order valence-electron chi connectivity index (χ4n) is 2.43. The largest absolute Gasteiger partial charge is 0.455 e. The fraction of sp³-hybridized carbons (Fsp3) is 0.643. The minimum absolute atomic E-state index is 0.136. The van der Waals surface area contributed by atoms with Crippen LogP contribution >= 0.6 is 0 Å². The van der Waals surface area contributed by atoms with Crippen LogP contribution < -0.4 is 11.1 Å². The molecule has 0 saturated carbocycles. The van der Waals surface area contributed by atoms with E-state index in [4.69, 9.17) is 10.2 Å². The summed E-state index contributed by atoms with van der Waals surface area (Å²) < 4.78 is 5.35. The van der Waals surface area contributed by atoms with Crippen molar-refractivity contribution in [1.82, 2.24) is 10.2 Å². The van der Waals surface area contributed by atoms with E-state index in [-0.39, 0.29) is 11.9 Å². The Bertz CT molecular complexity index is 420. The highest BCUT2D eigenvalue weighted by molar-refractivity contribution is 5.91. The highest BCUT2D eigenvalue weighted by Gasteiger charge is 2.23. The van der Waals surface area contributed by atoms with E-state index in [1.807, 2.05) is 0 Å². The number of nitrogens with zero attached hydrogens (tertiary/aromatic N) is 1. The van der Waals surface area contributed by atoms with E-state index in [9.17, 15) is 4.79 Å². The van der Waals surface area contributed by atoms with Crippen LogP contribution in [0, 0.1) is 0 Å². The lowest BCUT2D eigenvalue weighted by atomic mass is 10.0. The molecule has 1 aliphatic rings. The van der Waals surface area contributed by atoms with Gasteiger partial charge in [0, 0.05) is 25.2 Å². The van der Waals surface area contributed by atoms with Crippen LogP contribution in [0.2, 0.25) is 0 Å². The smallest absolute Gasteiger partial charge is 0.287 e. The summed E-state index contributed by atoms with van der Waals surface area (Å²) in [6.07, 6.45) is 1.99. The zero-order valence-electron chi connectivity index (χ0n) is 11.7. The van der Waals surface area contributed by atoms with Crippen LogP contribution in [-0.4, -0.2) is 36.0 Å². The molecule has 0 bridgehead atoms. The molecule has 106 valence electrons. The number of hydrogen-bond donors (Lipinski definition) is 2. The SMILES string of the molecule is CC(C)N1CCC(NC(=O)c2ccc(CN)o2)CC1. The monoisotopic (exact) mass is 265 g/mol. The lowest BCUT2D eigenvalue weighted by Gasteiger charge is -2.34. The van der Waals surface area contributed by atoms with Gasteiger partial charge in [0.25, 0.3) is 5.91 Å². The summed E-state index contributed by atoms with van der Waals surface area (Å²) in [5, 5.41) is 3.03. The van der Waals surface area contributed by atoms with Gasteiger partial charge in [0.15, 0.2) is 5.76 Å². The number of furan rings is 1. The number of rotatable bonds is 4. The van der Waals surface area contributed by atoms with E-state index in [2.05, 4.69) is 24.1 Å². The summed E-state index contributed by atoms with van der Waals surface area (Å²) in [6.45, 7) is 6.80. The van der Waals surface area contributed by atoms with Gasteiger partial charge in [-0.25, -0.2) is 0 Å². The van der Waals surface area contributed by atoms with E-state index < -0.39 is 0 Å². The average molecular weight is 265 g/mol. The van der Waals surface area contributed by atoms with E-state index in [0.717, 1.165) is 25.9 Å². The molecule has 1 fully saturated rings. The summed E-state index contributed by atoms with van der Waals surface area (Å²) in [6, 6.07) is 4.25. The average Bonchev–Trinajstić information content (AvgIpc) is 2.88. The molecule has 19 heavy (non-hydrogen) atoms. The first-order valence-corrected chi connectivity index (χ1v) is 6.94. The second kappa shape index (κ2) is 6.21. The second-order valence-corrected chi connectivity index (χ2v) is 5.35. The van der Waals surface area contributed by atoms with Crippen molar-refractivity contribution in [2.75, 3.05) is 13.1 Å². The van der Waals surface area contributed by atoms with Crippen LogP contribution in [0.1, 0.15) is 43.0 Å². The maximum Gasteiger partial charge on any atom is 0.287 e. The Hall–Kier alpha value is -1.33. The van der Waals surface area contributed by atoms with E-state index >= 15 is 0 Å². The normalized spacial score (nSPS) is 17.9. The Balaban J connectivity index is 1.83. The first-order valence-electron chi connectivity index (χ1n) is 6.94. The predicted molar refractivity (Wildman–Crippen MR) is 73.8 cm³/mol. The molecule has 0 radical (unpaired) electrons. The van der Waals surface area contributed by atoms with Crippen LogP contribution in [0.25, 0.3) is 0 Å². The highest BCUT2D eigenvalue weighted by atomic mass is 16.4. The van der Waals surface area contributed by atoms with Crippen molar-refractivity contribution >= 4 is 5.91 Å². The molecule has 0 aromatic carbocycles. The number of piperidine rings is 1. The van der Waals surface area contributed by atoms with Crippen LogP contribution in [-0.2, 0) is 6.54 Å². The van der Waals surface area contributed by atoms with Crippen LogP contribution in [0.3, 0.4) is 0 Å². The lowest BCUT2D eigenvalue weighted by Crippen LogP contribution is -2.46. The summed E-state index contributed by atoms with van der Waals surface area (Å²) in [4.78, 5) is 14.4. The molecule has 1 saturated heterocycles. The molecule has 2 heterocycles. The number of amides is 1. The van der Waals surface area contributed by atoms with Gasteiger partial charge in [0.1, 0.15) is 5.76 Å². The van der Waals surface area contributed by atoms with Crippen LogP contribution in [0.4, 0.5) is 0 Å². The van der Waals surface area contributed by atoms with Crippen molar-refractivity contribution in [3.05, 3.63) is 23.7 Å². The zero-order chi connectivity index (χ0) is 13.8. The number of hydrogen-bond acceptors (Lipinski definition) is 4. The maximum absolute atomic E-state index is 12.0. The van der Waals surface area contributed by atoms with Crippen molar-refractivity contribution in [2.24, 2.45) is 5.73 Å². The molecule has 0 aliphatic carbocycles. The molecule has 3 N–H and O–H groups in total. The fourth-order valence-corrected chi connectivity index (χ4v) is 2.43. The number of likely N-dealkylation sites (tertiary alicyclic amines) is 1. The van der Waals surface area contributed by atoms with E-state index in [1.54, 1.807) is 12.1 Å². The van der Waals surface area contributed by atoms with Gasteiger partial charge in [-0.3, -0.25) is 4.79 Å². The number of carbonyl (C=O) groups excluding carboxylic acids is 1. The van der Waals surface area contributed by atoms with Crippen molar-refractivity contribution in [3.8, 4) is 0 Å². The Morgan fingerprint density at radius 3 is 2.68 bits per heavy atom. The number of carbonyl (C=O) groups is 1. The van der Waals surface area contributed by atoms with Gasteiger partial charge in [-0.2, -0.15) is 0 Å². The molecule has 2 rings (SSSR count). The Morgan fingerprint density at radius 1 is 1.47 bits per heavy atom. The number of nitrogens with two attached hydrogens (primary N) is 1. The Morgan fingerprint density at radius 2 is 2.16 bits per heavy atom. The molecule has 1 amide bonds. The van der Waals surface area contributed by atoms with Gasteiger partial charge < -0.3 is 20.4 Å². The van der Waals surface area contributed by atoms with Crippen LogP contribution in [0.15, 0.2) is 16.5 Å². The summed E-state index contributed by atoms with van der Waals surface area (Å²) >= 11 is 0. The predicted octanol–water partition coefficient (Wildman–Crippen LogP) is 1.34. The topological polar surface area (TPSA) is 71.5 Å². The Kier molecular flexibility index (Phi) is 4.61. The third-order valence-corrected chi connectivity index (χ3v) is 3.68. The lowest BCUT2D eigenvalue weighted by molar-refractivity contribution is 0.0871. The van der Waals surface area contributed by atoms with Crippen LogP contribution in [0.5, 0.6) is 0 Å². The third-order valence-electron chi connectivity index (χ3n) is 3.68. The Labute approximate surface area is 114 Å². The first kappa shape index (κ1) is 14.1. The second-order valence-electron chi connectivity index (χ2n) is 5.35. The molecular formula is C14H23N3O2. The van der Waals surface area contributed by atoms with Crippen molar-refractivity contribution < 1.29 is 9.21 Å². The number of nitrogens with one attached hydrogen (secondary N) is 1. The molecular weight excluding hydrogens is 242 g/mol. The van der Waals surface area contributed by atoms with Gasteiger partial charge in [-0.05, 0) is 38.8 Å².